The lowest BCUT2D eigenvalue weighted by Gasteiger charge is -2.22. The molecule has 2 aromatic carbocycles. The predicted octanol–water partition coefficient (Wildman–Crippen LogP) is 3.55. The van der Waals surface area contributed by atoms with Gasteiger partial charge in [-0.1, -0.05) is 62.4 Å². The molecule has 0 heterocycles. The van der Waals surface area contributed by atoms with E-state index in [-0.39, 0.29) is 31.4 Å². The van der Waals surface area contributed by atoms with Crippen molar-refractivity contribution in [2.75, 3.05) is 20.3 Å². The van der Waals surface area contributed by atoms with Crippen molar-refractivity contribution in [1.82, 2.24) is 10.6 Å². The van der Waals surface area contributed by atoms with Crippen LogP contribution in [0.3, 0.4) is 0 Å². The molecule has 0 saturated carbocycles. The fourth-order valence-corrected chi connectivity index (χ4v) is 4.26. The number of ether oxygens (including phenoxy) is 2. The maximum atomic E-state index is 12.7. The molecule has 0 bridgehead atoms. The van der Waals surface area contributed by atoms with E-state index in [2.05, 4.69) is 22.8 Å². The summed E-state index contributed by atoms with van der Waals surface area (Å²) < 4.78 is 10.7. The number of aliphatic carboxylic acids is 1. The van der Waals surface area contributed by atoms with Gasteiger partial charge in [-0.2, -0.15) is 0 Å². The molecule has 2 atom stereocenters. The van der Waals surface area contributed by atoms with Crippen LogP contribution in [0.2, 0.25) is 0 Å². The first-order valence-corrected chi connectivity index (χ1v) is 11.4. The fraction of sp³-hybridized carbons (Fsp3) is 0.423. The zero-order valence-electron chi connectivity index (χ0n) is 19.7. The van der Waals surface area contributed by atoms with Crippen LogP contribution in [-0.4, -0.2) is 55.5 Å². The topological polar surface area (TPSA) is 114 Å². The third-order valence-corrected chi connectivity index (χ3v) is 5.90. The largest absolute Gasteiger partial charge is 0.481 e. The van der Waals surface area contributed by atoms with E-state index in [0.29, 0.717) is 6.42 Å². The highest BCUT2D eigenvalue weighted by Crippen LogP contribution is 2.44. The number of hydrogen-bond acceptors (Lipinski definition) is 5. The van der Waals surface area contributed by atoms with Crippen molar-refractivity contribution in [3.63, 3.8) is 0 Å². The summed E-state index contributed by atoms with van der Waals surface area (Å²) in [6.45, 7) is 4.08. The van der Waals surface area contributed by atoms with Gasteiger partial charge in [0.15, 0.2) is 0 Å². The van der Waals surface area contributed by atoms with Gasteiger partial charge >= 0.3 is 12.1 Å². The zero-order chi connectivity index (χ0) is 24.7. The predicted molar refractivity (Wildman–Crippen MR) is 128 cm³/mol. The lowest BCUT2D eigenvalue weighted by molar-refractivity contribution is -0.140. The van der Waals surface area contributed by atoms with Gasteiger partial charge in [0.1, 0.15) is 12.6 Å². The molecule has 0 fully saturated rings. The first kappa shape index (κ1) is 25.2. The molecule has 2 aromatic rings. The molecule has 1 aliphatic rings. The highest BCUT2D eigenvalue weighted by atomic mass is 16.5. The number of carbonyl (C=O) groups is 3. The molecule has 2 amide bonds. The minimum Gasteiger partial charge on any atom is -0.481 e. The van der Waals surface area contributed by atoms with Crippen LogP contribution in [0.25, 0.3) is 11.1 Å². The second kappa shape index (κ2) is 11.7. The van der Waals surface area contributed by atoms with E-state index in [1.807, 2.05) is 50.2 Å². The van der Waals surface area contributed by atoms with Crippen molar-refractivity contribution >= 4 is 18.0 Å². The summed E-state index contributed by atoms with van der Waals surface area (Å²) in [5.41, 5.74) is 4.49. The van der Waals surface area contributed by atoms with Gasteiger partial charge in [0.25, 0.3) is 0 Å². The van der Waals surface area contributed by atoms with Crippen LogP contribution in [0, 0.1) is 5.92 Å². The summed E-state index contributed by atoms with van der Waals surface area (Å²) in [6.07, 6.45) is -1.15. The molecule has 8 heteroatoms. The van der Waals surface area contributed by atoms with Crippen molar-refractivity contribution in [1.29, 1.82) is 0 Å². The highest BCUT2D eigenvalue weighted by molar-refractivity contribution is 5.86. The van der Waals surface area contributed by atoms with Gasteiger partial charge in [0.05, 0.1) is 12.5 Å². The molecule has 182 valence electrons. The Labute approximate surface area is 199 Å². The van der Waals surface area contributed by atoms with Crippen LogP contribution in [0.4, 0.5) is 4.79 Å². The molecule has 1 aliphatic carbocycles. The van der Waals surface area contributed by atoms with Crippen molar-refractivity contribution in [2.45, 2.75) is 44.8 Å². The molecule has 0 aromatic heterocycles. The Morgan fingerprint density at radius 2 is 1.59 bits per heavy atom. The number of carboxylic acids is 1. The van der Waals surface area contributed by atoms with Crippen molar-refractivity contribution < 1.29 is 29.0 Å². The van der Waals surface area contributed by atoms with E-state index >= 15 is 0 Å². The van der Waals surface area contributed by atoms with E-state index in [4.69, 9.17) is 14.6 Å². The van der Waals surface area contributed by atoms with Crippen molar-refractivity contribution in [2.24, 2.45) is 5.92 Å². The SMILES string of the molecule is COC(CNC(=O)[C@H](CC(C)C)NC(=O)OCC1c2ccccc2-c2ccccc21)CC(=O)O. The van der Waals surface area contributed by atoms with Crippen LogP contribution in [0.5, 0.6) is 0 Å². The van der Waals surface area contributed by atoms with Crippen LogP contribution in [-0.2, 0) is 19.1 Å². The number of carboxylic acid groups (broad SMARTS) is 1. The Kier molecular flexibility index (Phi) is 8.65. The number of fused-ring (bicyclic) bond motifs is 3. The third kappa shape index (κ3) is 6.35. The monoisotopic (exact) mass is 468 g/mol. The summed E-state index contributed by atoms with van der Waals surface area (Å²) in [5, 5.41) is 14.3. The average molecular weight is 469 g/mol. The number of carbonyl (C=O) groups excluding carboxylic acids is 2. The summed E-state index contributed by atoms with van der Waals surface area (Å²) in [7, 11) is 1.39. The van der Waals surface area contributed by atoms with Gasteiger partial charge in [-0.15, -0.1) is 0 Å². The minimum absolute atomic E-state index is 0.0304. The third-order valence-electron chi connectivity index (χ3n) is 5.90. The van der Waals surface area contributed by atoms with Crippen molar-refractivity contribution in [3.05, 3.63) is 59.7 Å². The standard InChI is InChI=1S/C26H32N2O6/c1-16(2)12-23(25(31)27-14-17(33-3)13-24(29)30)28-26(32)34-15-22-20-10-6-4-8-18(20)19-9-5-7-11-21(19)22/h4-11,16-17,22-23H,12-15H2,1-3H3,(H,27,31)(H,28,32)(H,29,30)/t17?,23-/m0/s1. The second-order valence-electron chi connectivity index (χ2n) is 8.85. The average Bonchev–Trinajstić information content (AvgIpc) is 3.13. The van der Waals surface area contributed by atoms with Crippen molar-refractivity contribution in [3.8, 4) is 11.1 Å². The van der Waals surface area contributed by atoms with E-state index in [9.17, 15) is 14.4 Å². The maximum Gasteiger partial charge on any atom is 0.407 e. The first-order chi connectivity index (χ1) is 16.3. The molecule has 0 saturated heterocycles. The van der Waals surface area contributed by atoms with E-state index in [0.717, 1.165) is 22.3 Å². The molecular weight excluding hydrogens is 436 g/mol. The van der Waals surface area contributed by atoms with Crippen LogP contribution in [0.1, 0.15) is 43.7 Å². The Hall–Kier alpha value is -3.39. The molecule has 8 nitrogen and oxygen atoms in total. The molecule has 1 unspecified atom stereocenters. The Morgan fingerprint density at radius 3 is 2.12 bits per heavy atom. The summed E-state index contributed by atoms with van der Waals surface area (Å²) in [4.78, 5) is 36.3. The highest BCUT2D eigenvalue weighted by Gasteiger charge is 2.30. The van der Waals surface area contributed by atoms with Gasteiger partial charge in [0.2, 0.25) is 5.91 Å². The number of benzene rings is 2. The van der Waals surface area contributed by atoms with Crippen LogP contribution < -0.4 is 10.6 Å². The first-order valence-electron chi connectivity index (χ1n) is 11.4. The molecule has 0 aliphatic heterocycles. The number of hydrogen-bond donors (Lipinski definition) is 3. The fourth-order valence-electron chi connectivity index (χ4n) is 4.26. The summed E-state index contributed by atoms with van der Waals surface area (Å²) in [5.74, 6) is -1.36. The second-order valence-corrected chi connectivity index (χ2v) is 8.85. The zero-order valence-corrected chi connectivity index (χ0v) is 19.7. The minimum atomic E-state index is -1.02. The normalized spacial score (nSPS) is 14.1. The number of methoxy groups -OCH3 is 1. The Balaban J connectivity index is 1.61. The molecule has 3 rings (SSSR count). The molecule has 0 radical (unpaired) electrons. The van der Waals surface area contributed by atoms with Gasteiger partial charge in [0, 0.05) is 19.6 Å². The Morgan fingerprint density at radius 1 is 1.00 bits per heavy atom. The number of amides is 2. The van der Waals surface area contributed by atoms with E-state index in [1.165, 1.54) is 7.11 Å². The molecule has 0 spiro atoms. The van der Waals surface area contributed by atoms with Gasteiger partial charge in [-0.3, -0.25) is 9.59 Å². The number of rotatable bonds is 11. The van der Waals surface area contributed by atoms with Gasteiger partial charge < -0.3 is 25.2 Å². The van der Waals surface area contributed by atoms with Crippen LogP contribution in [0.15, 0.2) is 48.5 Å². The van der Waals surface area contributed by atoms with Gasteiger partial charge in [-0.25, -0.2) is 4.79 Å². The maximum absolute atomic E-state index is 12.7. The van der Waals surface area contributed by atoms with E-state index < -0.39 is 30.1 Å². The molecule has 3 N–H and O–H groups in total. The summed E-state index contributed by atoms with van der Waals surface area (Å²) in [6, 6.07) is 15.3. The van der Waals surface area contributed by atoms with Gasteiger partial charge in [-0.05, 0) is 34.6 Å². The lowest BCUT2D eigenvalue weighted by Crippen LogP contribution is -2.49. The van der Waals surface area contributed by atoms with Crippen LogP contribution >= 0.6 is 0 Å². The van der Waals surface area contributed by atoms with E-state index in [1.54, 1.807) is 0 Å². The molecule has 34 heavy (non-hydrogen) atoms. The smallest absolute Gasteiger partial charge is 0.407 e. The Bertz CT molecular complexity index is 976. The lowest BCUT2D eigenvalue weighted by atomic mass is 9.98. The molecular formula is C26H32N2O6. The number of alkyl carbamates (subject to hydrolysis) is 1. The summed E-state index contributed by atoms with van der Waals surface area (Å²) >= 11 is 0. The number of nitrogens with one attached hydrogen (secondary N) is 2. The quantitative estimate of drug-likeness (QED) is 0.465.